The average Bonchev–Trinajstić information content (AvgIpc) is 2.78. The summed E-state index contributed by atoms with van der Waals surface area (Å²) in [6.07, 6.45) is 0.764. The van der Waals surface area contributed by atoms with Gasteiger partial charge in [-0.25, -0.2) is 4.98 Å². The van der Waals surface area contributed by atoms with Gasteiger partial charge in [-0.3, -0.25) is 9.11 Å². The number of nitrogens with zero attached hydrogens (tertiary/aromatic N) is 1. The molecule has 0 spiro atoms. The van der Waals surface area contributed by atoms with Crippen LogP contribution in [-0.2, 0) is 26.7 Å². The second-order valence-electron chi connectivity index (χ2n) is 4.92. The van der Waals surface area contributed by atoms with Gasteiger partial charge in [0, 0.05) is 6.42 Å². The summed E-state index contributed by atoms with van der Waals surface area (Å²) in [5.41, 5.74) is 0.923. The first-order valence-electron chi connectivity index (χ1n) is 6.53. The first-order chi connectivity index (χ1) is 10.1. The fraction of sp³-hybridized carbons (Fsp3) is 0.417. The van der Waals surface area contributed by atoms with Crippen molar-refractivity contribution in [1.82, 2.24) is 9.97 Å². The van der Waals surface area contributed by atoms with Crippen molar-refractivity contribution in [2.75, 3.05) is 0 Å². The molecule has 122 valence electrons. The van der Waals surface area contributed by atoms with Crippen LogP contribution < -0.4 is 0 Å². The number of hydrogen-bond donors (Lipinski definition) is 3. The summed E-state index contributed by atoms with van der Waals surface area (Å²) in [5.74, 6) is 0.476. The Morgan fingerprint density at radius 2 is 1.91 bits per heavy atom. The number of nitrogens with one attached hydrogen (secondary N) is 1. The number of hydrogen-bond acceptors (Lipinski definition) is 5. The molecule has 0 fully saturated rings. The van der Waals surface area contributed by atoms with Crippen LogP contribution in [0.3, 0.4) is 0 Å². The maximum atomic E-state index is 11.1. The normalized spacial score (nSPS) is 14.3. The van der Waals surface area contributed by atoms with E-state index >= 15 is 0 Å². The molecule has 10 heteroatoms. The lowest BCUT2D eigenvalue weighted by Gasteiger charge is -2.09. The Bertz CT molecular complexity index is 885. The molecule has 0 radical (unpaired) electrons. The van der Waals surface area contributed by atoms with Crippen molar-refractivity contribution < 1.29 is 25.9 Å². The fourth-order valence-electron chi connectivity index (χ4n) is 2.18. The Morgan fingerprint density at radius 1 is 1.23 bits per heavy atom. The SMILES string of the molecule is CCC(CCc1nc2ccc(S(=O)(=O)O)cc2[nH]1)S(=O)(=O)O. The summed E-state index contributed by atoms with van der Waals surface area (Å²) in [5, 5.41) is -0.867. The van der Waals surface area contributed by atoms with Gasteiger partial charge in [-0.1, -0.05) is 6.92 Å². The van der Waals surface area contributed by atoms with Crippen LogP contribution >= 0.6 is 0 Å². The van der Waals surface area contributed by atoms with Crippen molar-refractivity contribution in [3.8, 4) is 0 Å². The van der Waals surface area contributed by atoms with Gasteiger partial charge >= 0.3 is 0 Å². The summed E-state index contributed by atoms with van der Waals surface area (Å²) < 4.78 is 62.5. The maximum Gasteiger partial charge on any atom is 0.294 e. The highest BCUT2D eigenvalue weighted by Gasteiger charge is 2.21. The van der Waals surface area contributed by atoms with Gasteiger partial charge in [-0.05, 0) is 31.0 Å². The molecule has 3 N–H and O–H groups in total. The molecule has 0 aliphatic rings. The molecule has 1 heterocycles. The van der Waals surface area contributed by atoms with Crippen LogP contribution in [0.1, 0.15) is 25.6 Å². The van der Waals surface area contributed by atoms with Crippen LogP contribution in [-0.4, -0.2) is 41.2 Å². The second-order valence-corrected chi connectivity index (χ2v) is 8.04. The van der Waals surface area contributed by atoms with Crippen LogP contribution in [0.4, 0.5) is 0 Å². The predicted molar refractivity (Wildman–Crippen MR) is 79.9 cm³/mol. The monoisotopic (exact) mass is 348 g/mol. The standard InChI is InChI=1S/C12H16N2O6S2/c1-2-8(21(15,16)17)4-6-12-13-10-5-3-9(22(18,19)20)7-11(10)14-12/h3,5,7-8H,2,4,6H2,1H3,(H,13,14)(H,15,16,17)(H,18,19,20). The number of imidazole rings is 1. The zero-order chi connectivity index (χ0) is 16.5. The molecule has 0 aliphatic carbocycles. The summed E-state index contributed by atoms with van der Waals surface area (Å²) in [4.78, 5) is 6.84. The van der Waals surface area contributed by atoms with E-state index in [1.165, 1.54) is 18.2 Å². The number of aromatic nitrogens is 2. The lowest BCUT2D eigenvalue weighted by Crippen LogP contribution is -2.20. The molecule has 0 amide bonds. The topological polar surface area (TPSA) is 137 Å². The minimum atomic E-state index is -4.29. The lowest BCUT2D eigenvalue weighted by atomic mass is 10.2. The van der Waals surface area contributed by atoms with Crippen LogP contribution in [0.2, 0.25) is 0 Å². The summed E-state index contributed by atoms with van der Waals surface area (Å²) in [6.45, 7) is 1.66. The van der Waals surface area contributed by atoms with Gasteiger partial charge in [0.25, 0.3) is 20.2 Å². The average molecular weight is 348 g/mol. The number of aromatic amines is 1. The molecular formula is C12H16N2O6S2. The minimum Gasteiger partial charge on any atom is -0.342 e. The second kappa shape index (κ2) is 5.95. The molecule has 0 saturated carbocycles. The van der Waals surface area contributed by atoms with Crippen molar-refractivity contribution in [3.63, 3.8) is 0 Å². The van der Waals surface area contributed by atoms with Gasteiger partial charge in [0.05, 0.1) is 21.2 Å². The number of fused-ring (bicyclic) bond motifs is 1. The van der Waals surface area contributed by atoms with Gasteiger partial charge in [-0.15, -0.1) is 0 Å². The lowest BCUT2D eigenvalue weighted by molar-refractivity contribution is 0.458. The third-order valence-corrected chi connectivity index (χ3v) is 5.64. The molecular weight excluding hydrogens is 332 g/mol. The maximum absolute atomic E-state index is 11.1. The highest BCUT2D eigenvalue weighted by atomic mass is 32.2. The van der Waals surface area contributed by atoms with Gasteiger partial charge in [-0.2, -0.15) is 16.8 Å². The van der Waals surface area contributed by atoms with Crippen LogP contribution in [0, 0.1) is 0 Å². The zero-order valence-electron chi connectivity index (χ0n) is 11.7. The molecule has 0 bridgehead atoms. The van der Waals surface area contributed by atoms with E-state index in [4.69, 9.17) is 9.11 Å². The predicted octanol–water partition coefficient (Wildman–Crippen LogP) is 1.41. The Hall–Kier alpha value is -1.49. The smallest absolute Gasteiger partial charge is 0.294 e. The molecule has 1 aromatic heterocycles. The summed E-state index contributed by atoms with van der Waals surface area (Å²) >= 11 is 0. The third-order valence-electron chi connectivity index (χ3n) is 3.38. The highest BCUT2D eigenvalue weighted by molar-refractivity contribution is 7.86. The first kappa shape index (κ1) is 16.9. The van der Waals surface area contributed by atoms with E-state index in [1.54, 1.807) is 6.92 Å². The van der Waals surface area contributed by atoms with Crippen molar-refractivity contribution in [2.24, 2.45) is 0 Å². The zero-order valence-corrected chi connectivity index (χ0v) is 13.4. The molecule has 0 aliphatic heterocycles. The van der Waals surface area contributed by atoms with E-state index in [2.05, 4.69) is 9.97 Å². The molecule has 8 nitrogen and oxygen atoms in total. The number of aryl methyl sites for hydroxylation is 1. The van der Waals surface area contributed by atoms with Crippen LogP contribution in [0.25, 0.3) is 11.0 Å². The van der Waals surface area contributed by atoms with Crippen LogP contribution in [0.5, 0.6) is 0 Å². The minimum absolute atomic E-state index is 0.195. The van der Waals surface area contributed by atoms with Gasteiger partial charge < -0.3 is 4.98 Å². The summed E-state index contributed by atoms with van der Waals surface area (Å²) in [7, 11) is -8.39. The number of H-pyrrole nitrogens is 1. The van der Waals surface area contributed by atoms with Crippen LogP contribution in [0.15, 0.2) is 23.1 Å². The quantitative estimate of drug-likeness (QED) is 0.671. The fourth-order valence-corrected chi connectivity index (χ4v) is 3.53. The van der Waals surface area contributed by atoms with E-state index in [1.807, 2.05) is 0 Å². The molecule has 0 saturated heterocycles. The van der Waals surface area contributed by atoms with Gasteiger partial charge in [0.2, 0.25) is 0 Å². The Morgan fingerprint density at radius 3 is 2.45 bits per heavy atom. The highest BCUT2D eigenvalue weighted by Crippen LogP contribution is 2.19. The molecule has 2 aromatic rings. The first-order valence-corrected chi connectivity index (χ1v) is 9.48. The van der Waals surface area contributed by atoms with E-state index < -0.39 is 25.5 Å². The van der Waals surface area contributed by atoms with E-state index in [0.717, 1.165) is 0 Å². The number of rotatable bonds is 6. The third kappa shape index (κ3) is 3.83. The largest absolute Gasteiger partial charge is 0.342 e. The Labute approximate surface area is 128 Å². The number of benzene rings is 1. The molecule has 2 rings (SSSR count). The molecule has 1 aromatic carbocycles. The van der Waals surface area contributed by atoms with Crippen molar-refractivity contribution >= 4 is 31.3 Å². The van der Waals surface area contributed by atoms with E-state index in [9.17, 15) is 16.8 Å². The van der Waals surface area contributed by atoms with Gasteiger partial charge in [0.15, 0.2) is 0 Å². The van der Waals surface area contributed by atoms with Gasteiger partial charge in [0.1, 0.15) is 5.82 Å². The molecule has 22 heavy (non-hydrogen) atoms. The molecule has 1 unspecified atom stereocenters. The van der Waals surface area contributed by atoms with Crippen molar-refractivity contribution in [3.05, 3.63) is 24.0 Å². The van der Waals surface area contributed by atoms with E-state index in [0.29, 0.717) is 16.9 Å². The van der Waals surface area contributed by atoms with E-state index in [-0.39, 0.29) is 24.2 Å². The molecule has 1 atom stereocenters. The Kier molecular flexibility index (Phi) is 4.57. The van der Waals surface area contributed by atoms with Crippen molar-refractivity contribution in [2.45, 2.75) is 36.3 Å². The Balaban J connectivity index is 2.23. The summed E-state index contributed by atoms with van der Waals surface area (Å²) in [6, 6.07) is 3.93. The van der Waals surface area contributed by atoms with Crippen molar-refractivity contribution in [1.29, 1.82) is 0 Å².